The van der Waals surface area contributed by atoms with Gasteiger partial charge in [-0.3, -0.25) is 23.8 Å². The van der Waals surface area contributed by atoms with Crippen LogP contribution in [0.3, 0.4) is 0 Å². The molecule has 202 valence electrons. The molecule has 0 saturated carbocycles. The monoisotopic (exact) mass is 540 g/mol. The highest BCUT2D eigenvalue weighted by atomic mass is 19.4. The number of halogens is 5. The smallest absolute Gasteiger partial charge is 0.347 e. The number of anilines is 1. The lowest BCUT2D eigenvalue weighted by atomic mass is 10.1. The van der Waals surface area contributed by atoms with E-state index >= 15 is 0 Å². The minimum Gasteiger partial charge on any atom is -0.347 e. The number of urea groups is 1. The molecule has 15 heteroatoms. The van der Waals surface area contributed by atoms with Crippen LogP contribution < -0.4 is 21.0 Å². The molecule has 10 nitrogen and oxygen atoms in total. The molecule has 0 radical (unpaired) electrons. The SMILES string of the molecule is CCC(COC(F)(F)F)NC(=O)c1cn(-c2ncc(F)cc2F)c2nc(N3C[C@@H](C)NC3=O)ccc2c1=O. The van der Waals surface area contributed by atoms with E-state index in [0.29, 0.717) is 12.3 Å². The number of ether oxygens (including phenoxy) is 1. The summed E-state index contributed by atoms with van der Waals surface area (Å²) >= 11 is 0. The molecular weight excluding hydrogens is 519 g/mol. The largest absolute Gasteiger partial charge is 0.522 e. The van der Waals surface area contributed by atoms with Crippen molar-refractivity contribution in [3.63, 3.8) is 0 Å². The van der Waals surface area contributed by atoms with Crippen LogP contribution in [-0.4, -0.2) is 58.1 Å². The zero-order valence-electron chi connectivity index (χ0n) is 20.0. The van der Waals surface area contributed by atoms with E-state index < -0.39 is 59.4 Å². The average molecular weight is 540 g/mol. The molecule has 0 bridgehead atoms. The molecule has 2 atom stereocenters. The lowest BCUT2D eigenvalue weighted by Gasteiger charge is -2.19. The number of amides is 3. The maximum absolute atomic E-state index is 14.8. The molecule has 0 spiro atoms. The third-order valence-electron chi connectivity index (χ3n) is 5.72. The van der Waals surface area contributed by atoms with Gasteiger partial charge in [-0.15, -0.1) is 13.2 Å². The highest BCUT2D eigenvalue weighted by molar-refractivity contribution is 5.98. The summed E-state index contributed by atoms with van der Waals surface area (Å²) in [5, 5.41) is 4.80. The van der Waals surface area contributed by atoms with E-state index in [1.54, 1.807) is 6.92 Å². The summed E-state index contributed by atoms with van der Waals surface area (Å²) in [4.78, 5) is 47.8. The molecule has 0 aliphatic carbocycles. The van der Waals surface area contributed by atoms with Crippen LogP contribution in [0.25, 0.3) is 16.9 Å². The van der Waals surface area contributed by atoms with E-state index in [1.807, 2.05) is 0 Å². The number of pyridine rings is 3. The molecule has 1 unspecified atom stereocenters. The first-order valence-corrected chi connectivity index (χ1v) is 11.3. The van der Waals surface area contributed by atoms with Crippen LogP contribution in [0.1, 0.15) is 30.6 Å². The van der Waals surface area contributed by atoms with Crippen LogP contribution in [0.2, 0.25) is 0 Å². The lowest BCUT2D eigenvalue weighted by Crippen LogP contribution is -2.41. The number of carbonyl (C=O) groups is 2. The summed E-state index contributed by atoms with van der Waals surface area (Å²) in [7, 11) is 0. The summed E-state index contributed by atoms with van der Waals surface area (Å²) in [6.45, 7) is 2.62. The molecule has 4 heterocycles. The second-order valence-corrected chi connectivity index (χ2v) is 8.54. The van der Waals surface area contributed by atoms with E-state index in [1.165, 1.54) is 24.0 Å². The van der Waals surface area contributed by atoms with Crippen molar-refractivity contribution in [3.05, 3.63) is 58.0 Å². The van der Waals surface area contributed by atoms with Crippen LogP contribution in [0, 0.1) is 11.6 Å². The van der Waals surface area contributed by atoms with E-state index in [4.69, 9.17) is 0 Å². The quantitative estimate of drug-likeness (QED) is 0.445. The van der Waals surface area contributed by atoms with Crippen LogP contribution in [-0.2, 0) is 4.74 Å². The zero-order chi connectivity index (χ0) is 27.8. The van der Waals surface area contributed by atoms with E-state index in [2.05, 4.69) is 25.3 Å². The minimum atomic E-state index is -4.92. The summed E-state index contributed by atoms with van der Waals surface area (Å²) in [6, 6.07) is 1.41. The zero-order valence-corrected chi connectivity index (χ0v) is 20.0. The highest BCUT2D eigenvalue weighted by Gasteiger charge is 2.31. The number of fused-ring (bicyclic) bond motifs is 1. The molecular formula is C23H21F5N6O4. The first-order valence-electron chi connectivity index (χ1n) is 11.3. The van der Waals surface area contributed by atoms with Crippen LogP contribution >= 0.6 is 0 Å². The van der Waals surface area contributed by atoms with Gasteiger partial charge in [0.15, 0.2) is 17.3 Å². The third-order valence-corrected chi connectivity index (χ3v) is 5.72. The molecule has 1 aliphatic rings. The number of alkyl halides is 3. The third kappa shape index (κ3) is 5.56. The fourth-order valence-corrected chi connectivity index (χ4v) is 3.86. The Balaban J connectivity index is 1.83. The van der Waals surface area contributed by atoms with Gasteiger partial charge in [-0.25, -0.2) is 23.5 Å². The lowest BCUT2D eigenvalue weighted by molar-refractivity contribution is -0.326. The predicted molar refractivity (Wildman–Crippen MR) is 124 cm³/mol. The Kier molecular flexibility index (Phi) is 7.31. The maximum atomic E-state index is 14.8. The van der Waals surface area contributed by atoms with Crippen molar-refractivity contribution in [1.82, 2.24) is 25.2 Å². The number of hydrogen-bond donors (Lipinski definition) is 2. The standard InChI is InChI=1S/C23H21F5N6O4/c1-3-13(10-38-23(26,27)28)31-21(36)15-9-34(20-16(25)6-12(24)7-29-20)19-14(18(15)35)4-5-17(32-19)33-8-11(2)30-22(33)37/h4-7,9,11,13H,3,8,10H2,1-2H3,(H,30,37)(H,31,36)/t11-,13?/m1/s1. The van der Waals surface area contributed by atoms with E-state index in [0.717, 1.165) is 10.8 Å². The second-order valence-electron chi connectivity index (χ2n) is 8.54. The van der Waals surface area contributed by atoms with Gasteiger partial charge in [-0.2, -0.15) is 0 Å². The number of aromatic nitrogens is 3. The molecule has 38 heavy (non-hydrogen) atoms. The van der Waals surface area contributed by atoms with Gasteiger partial charge < -0.3 is 10.6 Å². The Hall–Kier alpha value is -4.14. The van der Waals surface area contributed by atoms with Crippen molar-refractivity contribution in [2.45, 2.75) is 38.7 Å². The Bertz CT molecular complexity index is 1460. The van der Waals surface area contributed by atoms with Gasteiger partial charge >= 0.3 is 12.4 Å². The highest BCUT2D eigenvalue weighted by Crippen LogP contribution is 2.23. The molecule has 1 saturated heterocycles. The van der Waals surface area contributed by atoms with Gasteiger partial charge in [0.2, 0.25) is 5.43 Å². The molecule has 3 aromatic rings. The summed E-state index contributed by atoms with van der Waals surface area (Å²) in [5.41, 5.74) is -1.61. The van der Waals surface area contributed by atoms with Gasteiger partial charge in [-0.1, -0.05) is 6.92 Å². The number of nitrogens with one attached hydrogen (secondary N) is 2. The van der Waals surface area contributed by atoms with Gasteiger partial charge in [0.1, 0.15) is 17.2 Å². The Morgan fingerprint density at radius 2 is 2.03 bits per heavy atom. The van der Waals surface area contributed by atoms with Crippen molar-refractivity contribution >= 4 is 28.8 Å². The van der Waals surface area contributed by atoms with Crippen molar-refractivity contribution < 1.29 is 36.3 Å². The van der Waals surface area contributed by atoms with Crippen LogP contribution in [0.4, 0.5) is 32.6 Å². The summed E-state index contributed by atoms with van der Waals surface area (Å²) < 4.78 is 70.4. The van der Waals surface area contributed by atoms with Gasteiger partial charge in [0, 0.05) is 24.8 Å². The van der Waals surface area contributed by atoms with Gasteiger partial charge in [0.05, 0.1) is 24.2 Å². The number of hydrogen-bond acceptors (Lipinski definition) is 6. The van der Waals surface area contributed by atoms with Crippen molar-refractivity contribution in [2.24, 2.45) is 0 Å². The fraction of sp³-hybridized carbons (Fsp3) is 0.348. The maximum Gasteiger partial charge on any atom is 0.522 e. The molecule has 1 aliphatic heterocycles. The van der Waals surface area contributed by atoms with Crippen molar-refractivity contribution in [1.29, 1.82) is 0 Å². The number of rotatable bonds is 7. The normalized spacial score (nSPS) is 16.6. The molecule has 2 N–H and O–H groups in total. The molecule has 3 aromatic heterocycles. The first kappa shape index (κ1) is 26.9. The van der Waals surface area contributed by atoms with Crippen molar-refractivity contribution in [3.8, 4) is 5.82 Å². The number of carbonyl (C=O) groups excluding carboxylic acids is 2. The molecule has 1 fully saturated rings. The summed E-state index contributed by atoms with van der Waals surface area (Å²) in [6.07, 6.45) is -3.26. The van der Waals surface area contributed by atoms with Gasteiger partial charge in [-0.05, 0) is 25.5 Å². The Labute approximate surface area is 211 Å². The van der Waals surface area contributed by atoms with Gasteiger partial charge in [0.25, 0.3) is 5.91 Å². The fourth-order valence-electron chi connectivity index (χ4n) is 3.86. The minimum absolute atomic E-state index is 0.0406. The van der Waals surface area contributed by atoms with E-state index in [9.17, 15) is 36.3 Å². The predicted octanol–water partition coefficient (Wildman–Crippen LogP) is 3.02. The van der Waals surface area contributed by atoms with Crippen LogP contribution in [0.5, 0.6) is 0 Å². The molecule has 4 rings (SSSR count). The average Bonchev–Trinajstić information content (AvgIpc) is 3.19. The number of nitrogens with zero attached hydrogens (tertiary/aromatic N) is 4. The topological polar surface area (TPSA) is 118 Å². The Morgan fingerprint density at radius 1 is 1.29 bits per heavy atom. The summed E-state index contributed by atoms with van der Waals surface area (Å²) in [5.74, 6) is -3.58. The first-order chi connectivity index (χ1) is 17.9. The Morgan fingerprint density at radius 3 is 2.63 bits per heavy atom. The molecule has 0 aromatic carbocycles. The van der Waals surface area contributed by atoms with E-state index in [-0.39, 0.29) is 35.9 Å². The second kappa shape index (κ2) is 10.3. The molecule has 3 amide bonds. The van der Waals surface area contributed by atoms with Crippen molar-refractivity contribution in [2.75, 3.05) is 18.1 Å². The van der Waals surface area contributed by atoms with Crippen LogP contribution in [0.15, 0.2) is 35.4 Å².